The second kappa shape index (κ2) is 4.09. The van der Waals surface area contributed by atoms with Crippen molar-refractivity contribution in [3.05, 3.63) is 11.8 Å². The number of hydrogen-bond donors (Lipinski definition) is 0. The Labute approximate surface area is 82.5 Å². The maximum atomic E-state index is 5.57. The molecule has 3 nitrogen and oxygen atoms in total. The summed E-state index contributed by atoms with van der Waals surface area (Å²) in [7, 11) is 0. The van der Waals surface area contributed by atoms with E-state index >= 15 is 0 Å². The van der Waals surface area contributed by atoms with Crippen LogP contribution < -0.4 is 0 Å². The average molecular weight is 201 g/mol. The highest BCUT2D eigenvalue weighted by atomic mass is 35.5. The molecular formula is C9H13ClN2O. The second-order valence-electron chi connectivity index (χ2n) is 3.45. The van der Waals surface area contributed by atoms with Gasteiger partial charge in [-0.25, -0.2) is 0 Å². The van der Waals surface area contributed by atoms with Gasteiger partial charge in [-0.1, -0.05) is 6.42 Å². The van der Waals surface area contributed by atoms with E-state index in [0.29, 0.717) is 11.8 Å². The van der Waals surface area contributed by atoms with Gasteiger partial charge in [-0.15, -0.1) is 21.8 Å². The summed E-state index contributed by atoms with van der Waals surface area (Å²) in [5, 5.41) is 8.01. The Morgan fingerprint density at radius 2 is 2.23 bits per heavy atom. The molecule has 4 heteroatoms. The van der Waals surface area contributed by atoms with E-state index in [0.717, 1.165) is 24.6 Å². The van der Waals surface area contributed by atoms with E-state index in [1.807, 2.05) is 0 Å². The minimum absolute atomic E-state index is 0.539. The molecule has 0 spiro atoms. The maximum absolute atomic E-state index is 5.57. The zero-order valence-electron chi connectivity index (χ0n) is 7.50. The smallest absolute Gasteiger partial charge is 0.219 e. The van der Waals surface area contributed by atoms with Crippen LogP contribution in [-0.4, -0.2) is 16.1 Å². The monoisotopic (exact) mass is 200 g/mol. The van der Waals surface area contributed by atoms with E-state index in [1.165, 1.54) is 19.3 Å². The molecule has 0 radical (unpaired) electrons. The second-order valence-corrected chi connectivity index (χ2v) is 3.83. The number of aryl methyl sites for hydroxylation is 1. The van der Waals surface area contributed by atoms with Gasteiger partial charge < -0.3 is 4.42 Å². The lowest BCUT2D eigenvalue weighted by Crippen LogP contribution is -2.08. The molecule has 0 N–H and O–H groups in total. The molecule has 0 unspecified atom stereocenters. The highest BCUT2D eigenvalue weighted by Gasteiger charge is 2.24. The molecule has 2 rings (SSSR count). The van der Waals surface area contributed by atoms with Gasteiger partial charge in [0.25, 0.3) is 0 Å². The van der Waals surface area contributed by atoms with Crippen LogP contribution in [0.4, 0.5) is 0 Å². The molecule has 1 aromatic rings. The quantitative estimate of drug-likeness (QED) is 0.702. The van der Waals surface area contributed by atoms with Crippen molar-refractivity contribution in [2.45, 2.75) is 38.0 Å². The van der Waals surface area contributed by atoms with E-state index in [4.69, 9.17) is 16.0 Å². The van der Waals surface area contributed by atoms with Gasteiger partial charge in [0, 0.05) is 18.2 Å². The predicted molar refractivity (Wildman–Crippen MR) is 49.9 cm³/mol. The summed E-state index contributed by atoms with van der Waals surface area (Å²) in [6.07, 6.45) is 5.43. The summed E-state index contributed by atoms with van der Waals surface area (Å²) in [4.78, 5) is 0. The Morgan fingerprint density at radius 1 is 1.38 bits per heavy atom. The molecule has 0 bridgehead atoms. The van der Waals surface area contributed by atoms with E-state index in [9.17, 15) is 0 Å². The lowest BCUT2D eigenvalue weighted by molar-refractivity contribution is 0.324. The van der Waals surface area contributed by atoms with E-state index in [2.05, 4.69) is 10.2 Å². The van der Waals surface area contributed by atoms with Gasteiger partial charge in [0.1, 0.15) is 0 Å². The fourth-order valence-electron chi connectivity index (χ4n) is 1.41. The summed E-state index contributed by atoms with van der Waals surface area (Å²) in [6.45, 7) is 0. The van der Waals surface area contributed by atoms with Gasteiger partial charge >= 0.3 is 0 Å². The molecule has 13 heavy (non-hydrogen) atoms. The van der Waals surface area contributed by atoms with E-state index < -0.39 is 0 Å². The van der Waals surface area contributed by atoms with Crippen LogP contribution in [0.15, 0.2) is 4.42 Å². The first-order valence-electron chi connectivity index (χ1n) is 4.78. The van der Waals surface area contributed by atoms with Gasteiger partial charge in [0.15, 0.2) is 0 Å². The fraction of sp³-hybridized carbons (Fsp3) is 0.778. The van der Waals surface area contributed by atoms with Gasteiger partial charge in [-0.3, -0.25) is 0 Å². The summed E-state index contributed by atoms with van der Waals surface area (Å²) >= 11 is 5.57. The lowest BCUT2D eigenvalue weighted by Gasteiger charge is -2.20. The zero-order valence-corrected chi connectivity index (χ0v) is 8.26. The molecule has 0 aliphatic heterocycles. The van der Waals surface area contributed by atoms with Crippen molar-refractivity contribution in [3.63, 3.8) is 0 Å². The van der Waals surface area contributed by atoms with Crippen molar-refractivity contribution in [2.75, 3.05) is 5.88 Å². The minimum Gasteiger partial charge on any atom is -0.425 e. The topological polar surface area (TPSA) is 38.9 Å². The van der Waals surface area contributed by atoms with Gasteiger partial charge in [-0.05, 0) is 19.3 Å². The first kappa shape index (κ1) is 9.00. The average Bonchev–Trinajstić information content (AvgIpc) is 2.46. The SMILES string of the molecule is ClCCCc1nnc(C2CCC2)o1. The van der Waals surface area contributed by atoms with Crippen molar-refractivity contribution in [3.8, 4) is 0 Å². The minimum atomic E-state index is 0.539. The fourth-order valence-corrected chi connectivity index (χ4v) is 1.54. The molecule has 1 aliphatic rings. The summed E-state index contributed by atoms with van der Waals surface area (Å²) < 4.78 is 5.51. The number of aromatic nitrogens is 2. The van der Waals surface area contributed by atoms with Gasteiger partial charge in [0.05, 0.1) is 0 Å². The number of alkyl halides is 1. The van der Waals surface area contributed by atoms with Crippen LogP contribution in [0.25, 0.3) is 0 Å². The molecule has 0 saturated heterocycles. The first-order valence-corrected chi connectivity index (χ1v) is 5.32. The Hall–Kier alpha value is -0.570. The van der Waals surface area contributed by atoms with Crippen LogP contribution in [0, 0.1) is 0 Å². The van der Waals surface area contributed by atoms with E-state index in [-0.39, 0.29) is 0 Å². The Morgan fingerprint density at radius 3 is 2.85 bits per heavy atom. The first-order chi connectivity index (χ1) is 6.40. The maximum Gasteiger partial charge on any atom is 0.219 e. The normalized spacial score (nSPS) is 17.3. The molecule has 1 fully saturated rings. The van der Waals surface area contributed by atoms with Crippen LogP contribution >= 0.6 is 11.6 Å². The number of halogens is 1. The third-order valence-corrected chi connectivity index (χ3v) is 2.73. The third kappa shape index (κ3) is 2.02. The van der Waals surface area contributed by atoms with Crippen LogP contribution in [0.2, 0.25) is 0 Å². The summed E-state index contributed by atoms with van der Waals surface area (Å²) in [6, 6.07) is 0. The van der Waals surface area contributed by atoms with Crippen LogP contribution in [0.3, 0.4) is 0 Å². The molecule has 1 saturated carbocycles. The molecule has 1 heterocycles. The number of hydrogen-bond acceptors (Lipinski definition) is 3. The van der Waals surface area contributed by atoms with Crippen molar-refractivity contribution >= 4 is 11.6 Å². The standard InChI is InChI=1S/C9H13ClN2O/c10-6-2-5-8-11-12-9(13-8)7-3-1-4-7/h7H,1-6H2. The number of rotatable bonds is 4. The highest BCUT2D eigenvalue weighted by Crippen LogP contribution is 2.35. The Balaban J connectivity index is 1.92. The number of nitrogens with zero attached hydrogens (tertiary/aromatic N) is 2. The van der Waals surface area contributed by atoms with Crippen LogP contribution in [0.1, 0.15) is 43.4 Å². The molecule has 72 valence electrons. The van der Waals surface area contributed by atoms with Crippen molar-refractivity contribution in [1.82, 2.24) is 10.2 Å². The molecular weight excluding hydrogens is 188 g/mol. The molecule has 1 aliphatic carbocycles. The van der Waals surface area contributed by atoms with E-state index in [1.54, 1.807) is 0 Å². The van der Waals surface area contributed by atoms with Crippen molar-refractivity contribution in [2.24, 2.45) is 0 Å². The highest BCUT2D eigenvalue weighted by molar-refractivity contribution is 6.17. The lowest BCUT2D eigenvalue weighted by atomic mass is 9.85. The van der Waals surface area contributed by atoms with Gasteiger partial charge in [-0.2, -0.15) is 0 Å². The Bertz CT molecular complexity index is 270. The predicted octanol–water partition coefficient (Wildman–Crippen LogP) is 2.51. The summed E-state index contributed by atoms with van der Waals surface area (Å²) in [5.41, 5.74) is 0. The zero-order chi connectivity index (χ0) is 9.10. The largest absolute Gasteiger partial charge is 0.425 e. The van der Waals surface area contributed by atoms with Crippen molar-refractivity contribution in [1.29, 1.82) is 0 Å². The molecule has 1 aromatic heterocycles. The van der Waals surface area contributed by atoms with Crippen LogP contribution in [0.5, 0.6) is 0 Å². The van der Waals surface area contributed by atoms with Crippen LogP contribution in [-0.2, 0) is 6.42 Å². The molecule has 0 aromatic carbocycles. The Kier molecular flexibility index (Phi) is 2.83. The third-order valence-electron chi connectivity index (χ3n) is 2.46. The molecule has 0 atom stereocenters. The van der Waals surface area contributed by atoms with Crippen molar-refractivity contribution < 1.29 is 4.42 Å². The van der Waals surface area contributed by atoms with Gasteiger partial charge in [0.2, 0.25) is 11.8 Å². The summed E-state index contributed by atoms with van der Waals surface area (Å²) in [5.74, 6) is 2.76. The molecule has 0 amide bonds.